The lowest BCUT2D eigenvalue weighted by molar-refractivity contribution is -0.139. The van der Waals surface area contributed by atoms with Crippen LogP contribution in [0.15, 0.2) is 48.5 Å². The van der Waals surface area contributed by atoms with E-state index in [-0.39, 0.29) is 23.9 Å². The third-order valence-corrected chi connectivity index (χ3v) is 11.3. The van der Waals surface area contributed by atoms with Crippen molar-refractivity contribution in [1.82, 2.24) is 10.2 Å². The number of hydrogen-bond donors (Lipinski definition) is 1. The standard InChI is InChI=1S/C33H44ClN3O4S/c1-5-22(2)35-32(39)23(3)36(20-24-6-10-29(34)11-7-24)31(38)21-37(42(4,40)41)30-12-8-28(9-13-30)33-17-25-14-26(18-33)16-27(15-25)19-33/h6-13,22-23,25-27H,5,14-21H2,1-4H3,(H,35,39). The molecule has 4 saturated carbocycles. The average Bonchev–Trinajstić information content (AvgIpc) is 2.93. The molecule has 1 N–H and O–H groups in total. The van der Waals surface area contributed by atoms with Crippen LogP contribution >= 0.6 is 11.6 Å². The topological polar surface area (TPSA) is 86.8 Å². The van der Waals surface area contributed by atoms with Gasteiger partial charge in [0.1, 0.15) is 12.6 Å². The largest absolute Gasteiger partial charge is 0.352 e. The van der Waals surface area contributed by atoms with Crippen molar-refractivity contribution in [2.45, 2.75) is 89.8 Å². The Bertz CT molecular complexity index is 1360. The average molecular weight is 614 g/mol. The summed E-state index contributed by atoms with van der Waals surface area (Å²) in [5.74, 6) is 1.71. The van der Waals surface area contributed by atoms with Crippen LogP contribution in [0.1, 0.15) is 76.8 Å². The van der Waals surface area contributed by atoms with E-state index in [1.165, 1.54) is 49.0 Å². The van der Waals surface area contributed by atoms with Gasteiger partial charge in [-0.1, -0.05) is 42.8 Å². The molecule has 2 atom stereocenters. The first-order valence-electron chi connectivity index (χ1n) is 15.3. The molecule has 2 aromatic rings. The zero-order valence-electron chi connectivity index (χ0n) is 25.2. The first kappa shape index (κ1) is 30.9. The van der Waals surface area contributed by atoms with Crippen LogP contribution in [0.2, 0.25) is 5.02 Å². The summed E-state index contributed by atoms with van der Waals surface area (Å²) in [6.07, 6.45) is 9.64. The van der Waals surface area contributed by atoms with Gasteiger partial charge in [0.2, 0.25) is 21.8 Å². The molecule has 2 amide bonds. The van der Waals surface area contributed by atoms with E-state index in [9.17, 15) is 18.0 Å². The van der Waals surface area contributed by atoms with Gasteiger partial charge in [0.05, 0.1) is 11.9 Å². The summed E-state index contributed by atoms with van der Waals surface area (Å²) in [6, 6.07) is 14.1. The summed E-state index contributed by atoms with van der Waals surface area (Å²) in [4.78, 5) is 28.4. The van der Waals surface area contributed by atoms with Gasteiger partial charge in [-0.15, -0.1) is 0 Å². The monoisotopic (exact) mass is 613 g/mol. The molecular formula is C33H44ClN3O4S. The first-order valence-corrected chi connectivity index (χ1v) is 17.5. The highest BCUT2D eigenvalue weighted by molar-refractivity contribution is 7.92. The molecule has 228 valence electrons. The number of rotatable bonds is 11. The molecule has 0 spiro atoms. The van der Waals surface area contributed by atoms with Crippen LogP contribution < -0.4 is 9.62 Å². The van der Waals surface area contributed by atoms with E-state index in [1.807, 2.05) is 26.0 Å². The zero-order chi connectivity index (χ0) is 30.2. The molecule has 4 aliphatic rings. The highest BCUT2D eigenvalue weighted by atomic mass is 35.5. The van der Waals surface area contributed by atoms with Crippen molar-refractivity contribution in [1.29, 1.82) is 0 Å². The number of sulfonamides is 1. The number of halogens is 1. The minimum absolute atomic E-state index is 0.0487. The number of carbonyl (C=O) groups is 2. The summed E-state index contributed by atoms with van der Waals surface area (Å²) in [5, 5.41) is 3.52. The molecule has 4 fully saturated rings. The Balaban J connectivity index is 1.38. The van der Waals surface area contributed by atoms with Crippen molar-refractivity contribution in [3.63, 3.8) is 0 Å². The maximum absolute atomic E-state index is 13.9. The lowest BCUT2D eigenvalue weighted by Gasteiger charge is -2.57. The van der Waals surface area contributed by atoms with Gasteiger partial charge in [-0.3, -0.25) is 13.9 Å². The van der Waals surface area contributed by atoms with Crippen molar-refractivity contribution >= 4 is 39.1 Å². The Hall–Kier alpha value is -2.58. The van der Waals surface area contributed by atoms with E-state index in [0.29, 0.717) is 10.7 Å². The van der Waals surface area contributed by atoms with Crippen LogP contribution in [0, 0.1) is 17.8 Å². The molecule has 4 bridgehead atoms. The molecule has 0 saturated heterocycles. The van der Waals surface area contributed by atoms with Gasteiger partial charge < -0.3 is 10.2 Å². The maximum atomic E-state index is 13.9. The Morgan fingerprint density at radius 2 is 1.50 bits per heavy atom. The maximum Gasteiger partial charge on any atom is 0.244 e. The molecule has 7 nitrogen and oxygen atoms in total. The van der Waals surface area contributed by atoms with E-state index in [2.05, 4.69) is 17.4 Å². The van der Waals surface area contributed by atoms with E-state index < -0.39 is 28.5 Å². The molecule has 0 radical (unpaired) electrons. The predicted octanol–water partition coefficient (Wildman–Crippen LogP) is 5.91. The van der Waals surface area contributed by atoms with Crippen molar-refractivity contribution in [2.75, 3.05) is 17.1 Å². The van der Waals surface area contributed by atoms with Crippen LogP contribution in [0.3, 0.4) is 0 Å². The summed E-state index contributed by atoms with van der Waals surface area (Å²) in [6.45, 7) is 5.31. The second-order valence-electron chi connectivity index (χ2n) is 13.2. The van der Waals surface area contributed by atoms with Crippen molar-refractivity contribution in [3.8, 4) is 0 Å². The normalized spacial score (nSPS) is 26.0. The van der Waals surface area contributed by atoms with E-state index in [4.69, 9.17) is 11.6 Å². The molecule has 42 heavy (non-hydrogen) atoms. The number of carbonyl (C=O) groups excluding carboxylic acids is 2. The Morgan fingerprint density at radius 3 is 2.00 bits per heavy atom. The van der Waals surface area contributed by atoms with Crippen LogP contribution in [-0.4, -0.2) is 50.0 Å². The number of hydrogen-bond acceptors (Lipinski definition) is 4. The molecule has 4 aliphatic carbocycles. The van der Waals surface area contributed by atoms with E-state index >= 15 is 0 Å². The molecule has 0 aliphatic heterocycles. The summed E-state index contributed by atoms with van der Waals surface area (Å²) < 4.78 is 27.2. The Labute approximate surface area is 256 Å². The molecule has 2 aromatic carbocycles. The highest BCUT2D eigenvalue weighted by Gasteiger charge is 2.51. The van der Waals surface area contributed by atoms with Gasteiger partial charge in [-0.25, -0.2) is 8.42 Å². The van der Waals surface area contributed by atoms with Crippen LogP contribution in [0.5, 0.6) is 0 Å². The van der Waals surface area contributed by atoms with Crippen molar-refractivity contribution < 1.29 is 18.0 Å². The minimum Gasteiger partial charge on any atom is -0.352 e. The Morgan fingerprint density at radius 1 is 0.952 bits per heavy atom. The summed E-state index contributed by atoms with van der Waals surface area (Å²) in [7, 11) is -3.78. The Kier molecular flexibility index (Phi) is 8.96. The second-order valence-corrected chi connectivity index (χ2v) is 15.5. The highest BCUT2D eigenvalue weighted by Crippen LogP contribution is 2.60. The first-order chi connectivity index (χ1) is 19.9. The minimum atomic E-state index is -3.78. The number of nitrogens with one attached hydrogen (secondary N) is 1. The SMILES string of the molecule is CCC(C)NC(=O)C(C)N(Cc1ccc(Cl)cc1)C(=O)CN(c1ccc(C23CC4CC(CC(C4)C2)C3)cc1)S(C)(=O)=O. The zero-order valence-corrected chi connectivity index (χ0v) is 26.8. The van der Waals surface area contributed by atoms with Crippen LogP contribution in [0.4, 0.5) is 5.69 Å². The van der Waals surface area contributed by atoms with E-state index in [1.54, 1.807) is 31.2 Å². The smallest absolute Gasteiger partial charge is 0.244 e. The summed E-state index contributed by atoms with van der Waals surface area (Å²) in [5.41, 5.74) is 2.75. The molecule has 6 rings (SSSR count). The lowest BCUT2D eigenvalue weighted by Crippen LogP contribution is -2.52. The third-order valence-electron chi connectivity index (χ3n) is 9.92. The van der Waals surface area contributed by atoms with Crippen LogP contribution in [-0.2, 0) is 31.6 Å². The van der Waals surface area contributed by atoms with E-state index in [0.717, 1.165) is 40.3 Å². The number of benzene rings is 2. The van der Waals surface area contributed by atoms with Crippen molar-refractivity contribution in [3.05, 3.63) is 64.7 Å². The van der Waals surface area contributed by atoms with Crippen LogP contribution in [0.25, 0.3) is 0 Å². The quantitative estimate of drug-likeness (QED) is 0.342. The number of amides is 2. The molecular weight excluding hydrogens is 570 g/mol. The van der Waals surface area contributed by atoms with Gasteiger partial charge in [0, 0.05) is 17.6 Å². The fourth-order valence-corrected chi connectivity index (χ4v) is 8.87. The molecule has 9 heteroatoms. The van der Waals surface area contributed by atoms with Gasteiger partial charge in [-0.2, -0.15) is 0 Å². The number of anilines is 1. The fraction of sp³-hybridized carbons (Fsp3) is 0.576. The fourth-order valence-electron chi connectivity index (χ4n) is 7.89. The molecule has 0 aromatic heterocycles. The van der Waals surface area contributed by atoms with Gasteiger partial charge in [0.15, 0.2) is 0 Å². The number of nitrogens with zero attached hydrogens (tertiary/aromatic N) is 2. The second kappa shape index (κ2) is 12.2. The van der Waals surface area contributed by atoms with Gasteiger partial charge in [-0.05, 0) is 117 Å². The lowest BCUT2D eigenvalue weighted by atomic mass is 9.48. The summed E-state index contributed by atoms with van der Waals surface area (Å²) >= 11 is 6.06. The third kappa shape index (κ3) is 6.65. The van der Waals surface area contributed by atoms with Crippen molar-refractivity contribution in [2.24, 2.45) is 17.8 Å². The van der Waals surface area contributed by atoms with Gasteiger partial charge in [0.25, 0.3) is 0 Å². The van der Waals surface area contributed by atoms with Gasteiger partial charge >= 0.3 is 0 Å². The predicted molar refractivity (Wildman–Crippen MR) is 168 cm³/mol. The molecule has 0 heterocycles. The molecule has 2 unspecified atom stereocenters.